The van der Waals surface area contributed by atoms with Crippen molar-refractivity contribution in [2.75, 3.05) is 24.5 Å². The van der Waals surface area contributed by atoms with Gasteiger partial charge in [-0.25, -0.2) is 14.6 Å². The van der Waals surface area contributed by atoms with Crippen LogP contribution < -0.4 is 32.8 Å². The van der Waals surface area contributed by atoms with Gasteiger partial charge in [0, 0.05) is 42.0 Å². The van der Waals surface area contributed by atoms with Gasteiger partial charge in [-0.15, -0.1) is 0 Å². The first-order valence-electron chi connectivity index (χ1n) is 13.9. The van der Waals surface area contributed by atoms with Crippen LogP contribution in [0.15, 0.2) is 55.0 Å². The van der Waals surface area contributed by atoms with E-state index < -0.39 is 0 Å². The Morgan fingerprint density at radius 2 is 1.73 bits per heavy atom. The van der Waals surface area contributed by atoms with Crippen LogP contribution in [0.2, 0.25) is 0 Å². The number of rotatable bonds is 13. The lowest BCUT2D eigenvalue weighted by atomic mass is 10.1. The first-order chi connectivity index (χ1) is 19.7. The molecule has 0 atom stereocenters. The summed E-state index contributed by atoms with van der Waals surface area (Å²) in [7, 11) is 0. The van der Waals surface area contributed by atoms with Gasteiger partial charge in [0.2, 0.25) is 11.1 Å². The molecule has 0 amide bonds. The van der Waals surface area contributed by atoms with E-state index in [1.807, 2.05) is 24.3 Å². The summed E-state index contributed by atoms with van der Waals surface area (Å²) in [5.74, 6) is 1.56. The van der Waals surface area contributed by atoms with Crippen molar-refractivity contribution in [2.45, 2.75) is 64.8 Å². The highest BCUT2D eigenvalue weighted by Gasteiger charge is 2.29. The van der Waals surface area contributed by atoms with Crippen molar-refractivity contribution in [3.05, 3.63) is 53.0 Å². The summed E-state index contributed by atoms with van der Waals surface area (Å²) in [5, 5.41) is 4.85. The van der Waals surface area contributed by atoms with Crippen LogP contribution >= 0.6 is 24.4 Å². The molecule has 1 aliphatic heterocycles. The fourth-order valence-corrected chi connectivity index (χ4v) is 5.42. The molecule has 214 valence electrons. The summed E-state index contributed by atoms with van der Waals surface area (Å²) in [5.41, 5.74) is 6.52. The number of fused-ring (bicyclic) bond motifs is 2. The Morgan fingerprint density at radius 3 is 2.51 bits per heavy atom. The van der Waals surface area contributed by atoms with E-state index in [-0.39, 0.29) is 12.4 Å². The number of hydrogen-bond acceptors (Lipinski definition) is 9. The lowest BCUT2D eigenvalue weighted by Gasteiger charge is -2.18. The topological polar surface area (TPSA) is 83.9 Å². The summed E-state index contributed by atoms with van der Waals surface area (Å²) >= 11 is 9.28. The molecule has 0 unspecified atom stereocenters. The second-order valence-electron chi connectivity index (χ2n) is 9.97. The van der Waals surface area contributed by atoms with Crippen LogP contribution in [-0.2, 0) is 6.54 Å². The molecule has 2 aliphatic rings. The van der Waals surface area contributed by atoms with Crippen molar-refractivity contribution >= 4 is 69.0 Å². The molecular weight excluding hydrogens is 576 g/mol. The number of anilines is 1. The number of allylic oxidation sites excluding steroid dienone is 3. The van der Waals surface area contributed by atoms with Crippen LogP contribution in [0, 0.1) is 0 Å². The molecule has 0 radical (unpaired) electrons. The predicted molar refractivity (Wildman–Crippen MR) is 164 cm³/mol. The summed E-state index contributed by atoms with van der Waals surface area (Å²) in [4.78, 5) is 20.0. The van der Waals surface area contributed by atoms with E-state index in [1.54, 1.807) is 0 Å². The third-order valence-corrected chi connectivity index (χ3v) is 7.61. The number of halogens is 1. The summed E-state index contributed by atoms with van der Waals surface area (Å²) in [6.45, 7) is 5.36. The van der Waals surface area contributed by atoms with E-state index >= 15 is 0 Å². The molecular formula is C30H33ClN6O2S2. The Bertz CT molecular complexity index is 1660. The largest absolute Gasteiger partial charge is 1.00 e. The van der Waals surface area contributed by atoms with Gasteiger partial charge in [0.1, 0.15) is 0 Å². The van der Waals surface area contributed by atoms with E-state index in [0.29, 0.717) is 11.4 Å². The van der Waals surface area contributed by atoms with Crippen LogP contribution in [0.3, 0.4) is 0 Å². The van der Waals surface area contributed by atoms with Crippen LogP contribution in [0.4, 0.5) is 5.82 Å². The quantitative estimate of drug-likeness (QED) is 0.127. The molecule has 11 heteroatoms. The van der Waals surface area contributed by atoms with Crippen molar-refractivity contribution < 1.29 is 25.8 Å². The monoisotopic (exact) mass is 608 g/mol. The van der Waals surface area contributed by atoms with Crippen molar-refractivity contribution in [1.29, 1.82) is 0 Å². The normalized spacial score (nSPS) is 15.3. The van der Waals surface area contributed by atoms with Crippen LogP contribution in [-0.4, -0.2) is 39.9 Å². The number of nitrogens with zero attached hydrogens (tertiary/aromatic N) is 6. The van der Waals surface area contributed by atoms with Gasteiger partial charge in [-0.3, -0.25) is 0 Å². The van der Waals surface area contributed by atoms with Gasteiger partial charge in [0.05, 0.1) is 23.1 Å². The first-order valence-corrected chi connectivity index (χ1v) is 14.7. The minimum Gasteiger partial charge on any atom is -1.00 e. The van der Waals surface area contributed by atoms with Crippen LogP contribution in [0.5, 0.6) is 0 Å². The highest BCUT2D eigenvalue weighted by atomic mass is 35.5. The maximum atomic E-state index is 6.25. The predicted octanol–water partition coefficient (Wildman–Crippen LogP) is 2.19. The number of aromatic nitrogens is 3. The van der Waals surface area contributed by atoms with Crippen molar-refractivity contribution in [1.82, 2.24) is 9.97 Å². The molecule has 8 nitrogen and oxygen atoms in total. The second kappa shape index (κ2) is 15.1. The number of unbranched alkanes of at least 4 members (excludes halogenated alkanes) is 4. The molecule has 5 rings (SSSR count). The summed E-state index contributed by atoms with van der Waals surface area (Å²) < 4.78 is 14.7. The highest BCUT2D eigenvalue weighted by Crippen LogP contribution is 2.38. The molecule has 0 bridgehead atoms. The second-order valence-corrected chi connectivity index (χ2v) is 10.3. The number of pyridine rings is 1. The highest BCUT2D eigenvalue weighted by molar-refractivity contribution is 7.78. The Labute approximate surface area is 256 Å². The SMILES string of the molecule is CC1=C(c2nc3c(ccc[n+]3CCCCCN=C=S)o2)CC/C1=c1\nc2c(o1)=CC=CN2CCCCCN=C=S.[Cl-]. The zero-order valence-corrected chi connectivity index (χ0v) is 25.5. The number of aliphatic imine (C=N–C) groups is 2. The number of isothiocyanates is 2. The molecule has 0 saturated heterocycles. The Hall–Kier alpha value is -3.26. The number of thiocarbonyl (C=S) groups is 2. The van der Waals surface area contributed by atoms with Gasteiger partial charge < -0.3 is 26.1 Å². The van der Waals surface area contributed by atoms with Gasteiger partial charge in [0.25, 0.3) is 0 Å². The zero-order valence-electron chi connectivity index (χ0n) is 23.1. The van der Waals surface area contributed by atoms with Crippen molar-refractivity contribution in [2.24, 2.45) is 9.98 Å². The maximum absolute atomic E-state index is 6.25. The number of hydrogen-bond donors (Lipinski definition) is 0. The van der Waals surface area contributed by atoms with E-state index in [9.17, 15) is 0 Å². The number of oxazole rings is 2. The van der Waals surface area contributed by atoms with Gasteiger partial charge in [-0.05, 0) is 113 Å². The smallest absolute Gasteiger partial charge is 0.370 e. The minimum absolute atomic E-state index is 0. The molecule has 0 N–H and O–H groups in total. The fourth-order valence-electron chi connectivity index (χ4n) is 5.24. The Balaban J connectivity index is 0.00000387. The van der Waals surface area contributed by atoms with Crippen LogP contribution in [0.1, 0.15) is 64.2 Å². The summed E-state index contributed by atoms with van der Waals surface area (Å²) in [6, 6.07) is 4.00. The average Bonchev–Trinajstić information content (AvgIpc) is 3.69. The van der Waals surface area contributed by atoms with Gasteiger partial charge in [-0.2, -0.15) is 4.98 Å². The molecule has 0 aromatic carbocycles. The molecule has 1 aliphatic carbocycles. The standard InChI is InChI=1S/C30H33N6O2S2.ClH/c1-22-23(29-33-27-25(37-29)10-8-18-35(27)16-6-2-4-14-31-20-39)12-13-24(22)30-34-28-26(38-30)11-9-19-36(28)17-7-3-5-15-32-21-40;/h8-11,18-19H,2-7,12-17H2,1H3;1H/q+1;/p-1. The van der Waals surface area contributed by atoms with Gasteiger partial charge >= 0.3 is 11.5 Å². The maximum Gasteiger partial charge on any atom is 0.370 e. The van der Waals surface area contributed by atoms with Crippen molar-refractivity contribution in [3.63, 3.8) is 0 Å². The molecule has 0 spiro atoms. The third kappa shape index (κ3) is 7.34. The van der Waals surface area contributed by atoms with Crippen molar-refractivity contribution in [3.8, 4) is 0 Å². The molecule has 0 saturated carbocycles. The molecule has 3 aromatic heterocycles. The fraction of sp³-hybridized carbons (Fsp3) is 0.433. The van der Waals surface area contributed by atoms with E-state index in [4.69, 9.17) is 18.8 Å². The van der Waals surface area contributed by atoms with E-state index in [1.165, 1.54) is 0 Å². The van der Waals surface area contributed by atoms with E-state index in [2.05, 4.69) is 73.5 Å². The molecule has 3 aromatic rings. The third-order valence-electron chi connectivity index (χ3n) is 7.35. The Morgan fingerprint density at radius 1 is 0.976 bits per heavy atom. The lowest BCUT2D eigenvalue weighted by Crippen LogP contribution is -3.00. The van der Waals surface area contributed by atoms with E-state index in [0.717, 1.165) is 117 Å². The average molecular weight is 609 g/mol. The van der Waals surface area contributed by atoms with Crippen LogP contribution in [0.25, 0.3) is 28.5 Å². The molecule has 0 fully saturated rings. The van der Waals surface area contributed by atoms with Gasteiger partial charge in [-0.1, -0.05) is 0 Å². The first kappa shape index (κ1) is 30.7. The lowest BCUT2D eigenvalue weighted by molar-refractivity contribution is -0.673. The van der Waals surface area contributed by atoms with Gasteiger partial charge in [0.15, 0.2) is 11.2 Å². The number of aryl methyl sites for hydroxylation is 1. The molecule has 4 heterocycles. The summed E-state index contributed by atoms with van der Waals surface area (Å²) in [6.07, 6.45) is 16.1. The minimum atomic E-state index is 0. The Kier molecular flexibility index (Phi) is 11.3. The molecule has 41 heavy (non-hydrogen) atoms. The zero-order chi connectivity index (χ0) is 27.7.